The number of hydrazine groups is 1. The maximum atomic E-state index is 12.6. The number of fused-ring (bicyclic) bond motifs is 4. The first kappa shape index (κ1) is 16.6. The van der Waals surface area contributed by atoms with Crippen molar-refractivity contribution in [1.82, 2.24) is 20.8 Å². The first-order valence-corrected chi connectivity index (χ1v) is 9.51. The molecule has 2 aromatic carbocycles. The number of hydrogen-bond donors (Lipinski definition) is 4. The predicted molar refractivity (Wildman–Crippen MR) is 108 cm³/mol. The van der Waals surface area contributed by atoms with Gasteiger partial charge in [-0.1, -0.05) is 18.2 Å². The molecule has 2 heterocycles. The SMILES string of the molecule is O=C(NNC(=O)c1c[nH]c2ccccc12)c1ccc2[nH]c3c(c2c1)CCCC3. The zero-order chi connectivity index (χ0) is 19.1. The van der Waals surface area contributed by atoms with Gasteiger partial charge >= 0.3 is 0 Å². The van der Waals surface area contributed by atoms with E-state index in [-0.39, 0.29) is 11.8 Å². The minimum atomic E-state index is -0.356. The van der Waals surface area contributed by atoms with Crippen LogP contribution in [0.1, 0.15) is 44.8 Å². The first-order chi connectivity index (χ1) is 13.7. The standard InChI is InChI=1S/C22H20N4O2/c27-21(25-26-22(28)17-12-23-18-7-3-1-6-15(17)18)13-9-10-20-16(11-13)14-5-2-4-8-19(14)24-20/h1,3,6-7,9-12,23-24H,2,4-5,8H2,(H,25,27)(H,26,28). The zero-order valence-corrected chi connectivity index (χ0v) is 15.3. The normalized spacial score (nSPS) is 13.4. The van der Waals surface area contributed by atoms with Crippen molar-refractivity contribution in [2.24, 2.45) is 0 Å². The largest absolute Gasteiger partial charge is 0.360 e. The van der Waals surface area contributed by atoms with Crippen LogP contribution >= 0.6 is 0 Å². The van der Waals surface area contributed by atoms with Crippen molar-refractivity contribution < 1.29 is 9.59 Å². The summed E-state index contributed by atoms with van der Waals surface area (Å²) in [6.45, 7) is 0. The molecule has 4 aromatic rings. The summed E-state index contributed by atoms with van der Waals surface area (Å²) >= 11 is 0. The molecule has 0 radical (unpaired) electrons. The van der Waals surface area contributed by atoms with E-state index >= 15 is 0 Å². The Hall–Kier alpha value is -3.54. The van der Waals surface area contributed by atoms with Crippen molar-refractivity contribution in [3.63, 3.8) is 0 Å². The van der Waals surface area contributed by atoms with E-state index in [0.717, 1.165) is 34.6 Å². The lowest BCUT2D eigenvalue weighted by atomic mass is 9.95. The molecular weight excluding hydrogens is 352 g/mol. The molecule has 28 heavy (non-hydrogen) atoms. The van der Waals surface area contributed by atoms with E-state index in [1.165, 1.54) is 24.1 Å². The van der Waals surface area contributed by atoms with Gasteiger partial charge in [0.25, 0.3) is 11.8 Å². The van der Waals surface area contributed by atoms with Crippen molar-refractivity contribution in [1.29, 1.82) is 0 Å². The third-order valence-electron chi connectivity index (χ3n) is 5.48. The Morgan fingerprint density at radius 2 is 1.68 bits per heavy atom. The fraction of sp³-hybridized carbons (Fsp3) is 0.182. The predicted octanol–water partition coefficient (Wildman–Crippen LogP) is 3.60. The molecule has 0 atom stereocenters. The molecule has 0 fully saturated rings. The summed E-state index contributed by atoms with van der Waals surface area (Å²) < 4.78 is 0. The van der Waals surface area contributed by atoms with E-state index in [1.807, 2.05) is 36.4 Å². The summed E-state index contributed by atoms with van der Waals surface area (Å²) in [5.41, 5.74) is 10.6. The van der Waals surface area contributed by atoms with Crippen molar-refractivity contribution in [2.75, 3.05) is 0 Å². The molecule has 0 saturated heterocycles. The molecule has 2 amide bonds. The van der Waals surface area contributed by atoms with Crippen molar-refractivity contribution >= 4 is 33.6 Å². The van der Waals surface area contributed by atoms with Gasteiger partial charge in [-0.2, -0.15) is 0 Å². The highest BCUT2D eigenvalue weighted by Crippen LogP contribution is 2.29. The van der Waals surface area contributed by atoms with E-state index < -0.39 is 0 Å². The Morgan fingerprint density at radius 3 is 2.61 bits per heavy atom. The van der Waals surface area contributed by atoms with E-state index in [1.54, 1.807) is 12.3 Å². The van der Waals surface area contributed by atoms with E-state index in [0.29, 0.717) is 11.1 Å². The number of aromatic nitrogens is 2. The Labute approximate surface area is 161 Å². The van der Waals surface area contributed by atoms with Crippen LogP contribution in [-0.2, 0) is 12.8 Å². The summed E-state index contributed by atoms with van der Waals surface area (Å²) in [4.78, 5) is 31.6. The van der Waals surface area contributed by atoms with Crippen LogP contribution in [0.5, 0.6) is 0 Å². The van der Waals surface area contributed by atoms with Crippen LogP contribution in [0, 0.1) is 0 Å². The summed E-state index contributed by atoms with van der Waals surface area (Å²) in [6.07, 6.45) is 6.12. The van der Waals surface area contributed by atoms with Crippen LogP contribution in [0.25, 0.3) is 21.8 Å². The molecule has 0 spiro atoms. The van der Waals surface area contributed by atoms with Crippen LogP contribution in [-0.4, -0.2) is 21.8 Å². The summed E-state index contributed by atoms with van der Waals surface area (Å²) in [5.74, 6) is -0.688. The van der Waals surface area contributed by atoms with Gasteiger partial charge in [0, 0.05) is 39.3 Å². The lowest BCUT2D eigenvalue weighted by Gasteiger charge is -2.11. The number of nitrogens with one attached hydrogen (secondary N) is 4. The van der Waals surface area contributed by atoms with E-state index in [9.17, 15) is 9.59 Å². The molecule has 0 unspecified atom stereocenters. The Morgan fingerprint density at radius 1 is 0.857 bits per heavy atom. The molecule has 4 N–H and O–H groups in total. The smallest absolute Gasteiger partial charge is 0.271 e. The molecule has 1 aliphatic rings. The number of rotatable bonds is 2. The number of aromatic amines is 2. The van der Waals surface area contributed by atoms with Crippen LogP contribution in [0.4, 0.5) is 0 Å². The van der Waals surface area contributed by atoms with Gasteiger partial charge in [0.2, 0.25) is 0 Å². The van der Waals surface area contributed by atoms with Crippen LogP contribution < -0.4 is 10.9 Å². The first-order valence-electron chi connectivity index (χ1n) is 9.51. The molecule has 2 aromatic heterocycles. The molecule has 1 aliphatic carbocycles. The number of H-pyrrole nitrogens is 2. The van der Waals surface area contributed by atoms with Gasteiger partial charge in [0.15, 0.2) is 0 Å². The third-order valence-corrected chi connectivity index (χ3v) is 5.48. The number of amides is 2. The monoisotopic (exact) mass is 372 g/mol. The molecule has 6 heteroatoms. The number of carbonyl (C=O) groups excluding carboxylic acids is 2. The summed E-state index contributed by atoms with van der Waals surface area (Å²) in [5, 5.41) is 1.92. The fourth-order valence-electron chi connectivity index (χ4n) is 4.06. The van der Waals surface area contributed by atoms with Gasteiger partial charge in [0.1, 0.15) is 0 Å². The number of hydrogen-bond acceptors (Lipinski definition) is 2. The second-order valence-electron chi connectivity index (χ2n) is 7.21. The number of para-hydroxylation sites is 1. The highest BCUT2D eigenvalue weighted by atomic mass is 16.2. The Bertz CT molecular complexity index is 1220. The summed E-state index contributed by atoms with van der Waals surface area (Å²) in [7, 11) is 0. The molecule has 0 bridgehead atoms. The Balaban J connectivity index is 1.34. The second-order valence-corrected chi connectivity index (χ2v) is 7.21. The average molecular weight is 372 g/mol. The average Bonchev–Trinajstić information content (AvgIpc) is 3.32. The van der Waals surface area contributed by atoms with Gasteiger partial charge in [0.05, 0.1) is 5.56 Å². The summed E-state index contributed by atoms with van der Waals surface area (Å²) in [6, 6.07) is 13.2. The molecule has 140 valence electrons. The van der Waals surface area contributed by atoms with Crippen LogP contribution in [0.3, 0.4) is 0 Å². The topological polar surface area (TPSA) is 89.8 Å². The third kappa shape index (κ3) is 2.74. The highest BCUT2D eigenvalue weighted by Gasteiger charge is 2.17. The lowest BCUT2D eigenvalue weighted by molar-refractivity contribution is 0.0847. The van der Waals surface area contributed by atoms with Crippen LogP contribution in [0.2, 0.25) is 0 Å². The maximum Gasteiger partial charge on any atom is 0.271 e. The van der Waals surface area contributed by atoms with Gasteiger partial charge < -0.3 is 9.97 Å². The number of aryl methyl sites for hydroxylation is 2. The molecule has 0 aliphatic heterocycles. The lowest BCUT2D eigenvalue weighted by Crippen LogP contribution is -2.41. The minimum absolute atomic E-state index is 0.333. The van der Waals surface area contributed by atoms with Crippen LogP contribution in [0.15, 0.2) is 48.7 Å². The second kappa shape index (κ2) is 6.56. The zero-order valence-electron chi connectivity index (χ0n) is 15.3. The van der Waals surface area contributed by atoms with Gasteiger partial charge in [-0.25, -0.2) is 0 Å². The van der Waals surface area contributed by atoms with E-state index in [2.05, 4.69) is 20.8 Å². The van der Waals surface area contributed by atoms with Gasteiger partial charge in [-0.15, -0.1) is 0 Å². The molecule has 6 nitrogen and oxygen atoms in total. The maximum absolute atomic E-state index is 12.6. The van der Waals surface area contributed by atoms with Gasteiger partial charge in [-0.3, -0.25) is 20.4 Å². The number of benzene rings is 2. The van der Waals surface area contributed by atoms with Gasteiger partial charge in [-0.05, 0) is 55.5 Å². The van der Waals surface area contributed by atoms with Crippen molar-refractivity contribution in [2.45, 2.75) is 25.7 Å². The number of carbonyl (C=O) groups is 2. The molecule has 5 rings (SSSR count). The molecular formula is C22H20N4O2. The van der Waals surface area contributed by atoms with Crippen molar-refractivity contribution in [3.05, 3.63) is 71.0 Å². The minimum Gasteiger partial charge on any atom is -0.360 e. The Kier molecular flexibility index (Phi) is 3.90. The highest BCUT2D eigenvalue weighted by molar-refractivity contribution is 6.08. The molecule has 0 saturated carbocycles. The fourth-order valence-corrected chi connectivity index (χ4v) is 4.06. The van der Waals surface area contributed by atoms with E-state index in [4.69, 9.17) is 0 Å². The van der Waals surface area contributed by atoms with Crippen molar-refractivity contribution in [3.8, 4) is 0 Å². The quantitative estimate of drug-likeness (QED) is 0.405.